The van der Waals surface area contributed by atoms with E-state index in [1.807, 2.05) is 0 Å². The van der Waals surface area contributed by atoms with Crippen LogP contribution in [0.5, 0.6) is 5.75 Å². The van der Waals surface area contributed by atoms with E-state index in [9.17, 15) is 34.8 Å². The maximum absolute atomic E-state index is 13.9. The third-order valence-electron chi connectivity index (χ3n) is 10.2. The number of nitrogens with two attached hydrogens (primary N) is 1. The highest BCUT2D eigenvalue weighted by Crippen LogP contribution is 2.58. The number of nitrogens with zero attached hydrogens (tertiary/aromatic N) is 2. The molecule has 0 aliphatic heterocycles. The average molecular weight is 586 g/mol. The molecule has 6 rings (SSSR count). The first-order valence-electron chi connectivity index (χ1n) is 14.2. The number of fused-ring (bicyclic) bond motifs is 3. The first kappa shape index (κ1) is 28.2. The Morgan fingerprint density at radius 3 is 2.37 bits per heavy atom. The highest BCUT2D eigenvalue weighted by atomic mass is 35.5. The van der Waals surface area contributed by atoms with E-state index in [0.717, 1.165) is 24.9 Å². The van der Waals surface area contributed by atoms with Gasteiger partial charge in [0, 0.05) is 28.6 Å². The molecule has 0 saturated heterocycles. The van der Waals surface area contributed by atoms with E-state index in [1.54, 1.807) is 14.1 Å². The maximum atomic E-state index is 13.9. The summed E-state index contributed by atoms with van der Waals surface area (Å²) >= 11 is 6.96. The molecule has 0 radical (unpaired) electrons. The quantitative estimate of drug-likeness (QED) is 0.302. The number of Topliss-reactive ketones (excluding diaryl/α,β-unsaturated/α-hetero) is 2. The van der Waals surface area contributed by atoms with Gasteiger partial charge in [0.15, 0.2) is 11.4 Å². The minimum Gasteiger partial charge on any atom is -0.510 e. The molecule has 1 amide bonds. The molecule has 0 bridgehead atoms. The van der Waals surface area contributed by atoms with Crippen LogP contribution in [0.4, 0.5) is 0 Å². The summed E-state index contributed by atoms with van der Waals surface area (Å²) in [6.07, 6.45) is 4.94. The highest BCUT2D eigenvalue weighted by molar-refractivity contribution is 6.33. The topological polar surface area (TPSA) is 165 Å². The van der Waals surface area contributed by atoms with Crippen LogP contribution in [0.1, 0.15) is 60.5 Å². The van der Waals surface area contributed by atoms with E-state index in [-0.39, 0.29) is 35.3 Å². The predicted octanol–water partition coefficient (Wildman–Crippen LogP) is 2.54. The van der Waals surface area contributed by atoms with Gasteiger partial charge in [0.05, 0.1) is 11.6 Å². The predicted molar refractivity (Wildman–Crippen MR) is 149 cm³/mol. The number of hydrogen-bond donors (Lipinski definition) is 5. The number of likely N-dealkylation sites (N-methyl/N-ethyl adjacent to an activating group) is 1. The Morgan fingerprint density at radius 2 is 1.83 bits per heavy atom. The van der Waals surface area contributed by atoms with Gasteiger partial charge < -0.3 is 26.2 Å². The molecule has 11 heteroatoms. The van der Waals surface area contributed by atoms with Gasteiger partial charge in [-0.05, 0) is 88.2 Å². The van der Waals surface area contributed by atoms with Crippen LogP contribution in [-0.4, -0.2) is 85.5 Å². The number of halogens is 1. The Hall–Kier alpha value is -2.92. The second-order valence-corrected chi connectivity index (χ2v) is 13.0. The first-order valence-corrected chi connectivity index (χ1v) is 14.6. The fourth-order valence-corrected chi connectivity index (χ4v) is 8.28. The Kier molecular flexibility index (Phi) is 6.39. The van der Waals surface area contributed by atoms with Crippen LogP contribution in [0, 0.1) is 17.8 Å². The van der Waals surface area contributed by atoms with E-state index >= 15 is 0 Å². The third kappa shape index (κ3) is 3.84. The van der Waals surface area contributed by atoms with Crippen LogP contribution < -0.4 is 5.73 Å². The fourth-order valence-electron chi connectivity index (χ4n) is 7.99. The first-order chi connectivity index (χ1) is 19.3. The lowest BCUT2D eigenvalue weighted by Gasteiger charge is -2.50. The molecule has 4 atom stereocenters. The minimum absolute atomic E-state index is 0.0267. The molecule has 2 saturated carbocycles. The van der Waals surface area contributed by atoms with Crippen molar-refractivity contribution in [2.75, 3.05) is 20.6 Å². The molecule has 0 aromatic heterocycles. The third-order valence-corrected chi connectivity index (χ3v) is 10.7. The van der Waals surface area contributed by atoms with E-state index in [4.69, 9.17) is 17.3 Å². The molecule has 0 heterocycles. The Bertz CT molecular complexity index is 1460. The normalized spacial score (nSPS) is 30.5. The smallest absolute Gasteiger partial charge is 0.255 e. The van der Waals surface area contributed by atoms with Crippen molar-refractivity contribution >= 4 is 29.1 Å². The summed E-state index contributed by atoms with van der Waals surface area (Å²) < 4.78 is 0. The molecule has 220 valence electrons. The number of carbonyl (C=O) groups is 3. The monoisotopic (exact) mass is 585 g/mol. The van der Waals surface area contributed by atoms with Gasteiger partial charge in [0.1, 0.15) is 22.8 Å². The van der Waals surface area contributed by atoms with Gasteiger partial charge in [-0.15, -0.1) is 0 Å². The van der Waals surface area contributed by atoms with Gasteiger partial charge in [0.25, 0.3) is 5.91 Å². The molecule has 6 N–H and O–H groups in total. The molecule has 5 aliphatic rings. The number of carbonyl (C=O) groups excluding carboxylic acids is 3. The number of rotatable bonds is 7. The number of amides is 1. The second kappa shape index (κ2) is 9.29. The second-order valence-electron chi connectivity index (χ2n) is 12.6. The number of phenols is 1. The van der Waals surface area contributed by atoms with E-state index < -0.39 is 58.0 Å². The van der Waals surface area contributed by atoms with Crippen molar-refractivity contribution in [3.8, 4) is 5.75 Å². The number of phenolic OH excluding ortho intramolecular Hbond substituents is 1. The molecule has 5 aliphatic carbocycles. The summed E-state index contributed by atoms with van der Waals surface area (Å²) in [4.78, 5) is 43.4. The molecule has 1 aromatic rings. The van der Waals surface area contributed by atoms with Crippen molar-refractivity contribution in [2.24, 2.45) is 23.5 Å². The molecule has 10 nitrogen and oxygen atoms in total. The summed E-state index contributed by atoms with van der Waals surface area (Å²) in [6, 6.07) is 0.467. The van der Waals surface area contributed by atoms with Crippen molar-refractivity contribution in [2.45, 2.75) is 69.2 Å². The van der Waals surface area contributed by atoms with Crippen LogP contribution in [-0.2, 0) is 22.6 Å². The van der Waals surface area contributed by atoms with Gasteiger partial charge in [-0.2, -0.15) is 0 Å². The van der Waals surface area contributed by atoms with E-state index in [1.165, 1.54) is 23.8 Å². The number of aromatic hydroxyl groups is 1. The minimum atomic E-state index is -2.66. The van der Waals surface area contributed by atoms with Gasteiger partial charge in [-0.25, -0.2) is 0 Å². The molecular formula is C30H36ClN3O7. The number of aliphatic hydroxyl groups excluding tert-OH is 2. The van der Waals surface area contributed by atoms with E-state index in [2.05, 4.69) is 11.8 Å². The number of allylic oxidation sites excluding steroid dienone is 1. The van der Waals surface area contributed by atoms with Crippen molar-refractivity contribution in [3.05, 3.63) is 50.4 Å². The lowest BCUT2D eigenvalue weighted by molar-refractivity contribution is -0.148. The highest BCUT2D eigenvalue weighted by Gasteiger charge is 2.63. The Balaban J connectivity index is 1.43. The summed E-state index contributed by atoms with van der Waals surface area (Å²) in [5.74, 6) is -6.03. The number of primary amides is 1. The fraction of sp³-hybridized carbons (Fsp3) is 0.567. The molecule has 1 aromatic carbocycles. The summed E-state index contributed by atoms with van der Waals surface area (Å²) in [7, 11) is 3.20. The zero-order chi connectivity index (χ0) is 29.8. The molecule has 2 fully saturated rings. The van der Waals surface area contributed by atoms with Crippen molar-refractivity contribution in [3.63, 3.8) is 0 Å². The number of ketones is 2. The van der Waals surface area contributed by atoms with E-state index in [0.29, 0.717) is 23.0 Å². The van der Waals surface area contributed by atoms with Gasteiger partial charge >= 0.3 is 0 Å². The molecule has 0 spiro atoms. The van der Waals surface area contributed by atoms with Crippen LogP contribution in [0.2, 0.25) is 5.02 Å². The number of aliphatic hydroxyl groups is 3. The lowest BCUT2D eigenvalue weighted by Crippen LogP contribution is -2.63. The van der Waals surface area contributed by atoms with Crippen LogP contribution in [0.25, 0.3) is 0 Å². The zero-order valence-corrected chi connectivity index (χ0v) is 24.2. The van der Waals surface area contributed by atoms with Crippen LogP contribution in [0.3, 0.4) is 0 Å². The van der Waals surface area contributed by atoms with Crippen molar-refractivity contribution < 1.29 is 34.8 Å². The van der Waals surface area contributed by atoms with Gasteiger partial charge in [-0.3, -0.25) is 24.2 Å². The Morgan fingerprint density at radius 1 is 1.17 bits per heavy atom. The maximum Gasteiger partial charge on any atom is 0.255 e. The Labute approximate surface area is 243 Å². The molecular weight excluding hydrogens is 550 g/mol. The van der Waals surface area contributed by atoms with Crippen molar-refractivity contribution in [1.82, 2.24) is 9.80 Å². The standard InChI is InChI=1S/C30H36ClN3O7/c1-4-34(29(7-8-29)15-5-6-15)12-14-11-18(35)20-16(22(14)31)9-13-10-17-23(33(2)3)25(37)21(28(32)40)27(39)30(17,41)26(38)19(13)24(20)36/h11,13,15,17,23,35,37-38,41H,4-10,12H2,1-3H3,(H2,32,40)/t13-,17-,23-,30-/m0/s1. The van der Waals surface area contributed by atoms with Gasteiger partial charge in [0.2, 0.25) is 5.78 Å². The largest absolute Gasteiger partial charge is 0.510 e. The summed E-state index contributed by atoms with van der Waals surface area (Å²) in [5.41, 5.74) is 3.01. The van der Waals surface area contributed by atoms with Gasteiger partial charge in [-0.1, -0.05) is 18.5 Å². The van der Waals surface area contributed by atoms with Crippen molar-refractivity contribution in [1.29, 1.82) is 0 Å². The summed E-state index contributed by atoms with van der Waals surface area (Å²) in [6.45, 7) is 3.48. The molecule has 41 heavy (non-hydrogen) atoms. The SMILES string of the molecule is CCN(Cc1cc(O)c2c(c1Cl)C[C@H]1C[C@H]3[C@H](N(C)C)C(O)=C(C(N)=O)C(=O)[C@@]3(O)C(O)=C1C2=O)C1(C2CC2)CC1. The number of benzene rings is 1. The average Bonchev–Trinajstić information content (AvgIpc) is 3.80. The molecule has 0 unspecified atom stereocenters. The summed E-state index contributed by atoms with van der Waals surface area (Å²) in [5, 5.41) is 45.6. The number of hydrogen-bond acceptors (Lipinski definition) is 9. The van der Waals surface area contributed by atoms with Crippen LogP contribution >= 0.6 is 11.6 Å². The van der Waals surface area contributed by atoms with Crippen LogP contribution in [0.15, 0.2) is 28.7 Å². The zero-order valence-electron chi connectivity index (χ0n) is 23.4. The lowest BCUT2D eigenvalue weighted by atomic mass is 9.58.